The van der Waals surface area contributed by atoms with E-state index in [0.29, 0.717) is 17.8 Å². The third kappa shape index (κ3) is 2.31. The molecule has 0 radical (unpaired) electrons. The summed E-state index contributed by atoms with van der Waals surface area (Å²) in [6.45, 7) is 4.66. The Hall–Kier alpha value is -1.42. The lowest BCUT2D eigenvalue weighted by Crippen LogP contribution is -2.10. The fraction of sp³-hybridized carbons (Fsp3) is 0.231. The molecule has 0 unspecified atom stereocenters. The van der Waals surface area contributed by atoms with Crippen molar-refractivity contribution in [3.8, 4) is 0 Å². The van der Waals surface area contributed by atoms with Crippen molar-refractivity contribution in [1.82, 2.24) is 9.78 Å². The Morgan fingerprint density at radius 2 is 2.18 bits per heavy atom. The van der Waals surface area contributed by atoms with Gasteiger partial charge in [-0.15, -0.1) is 0 Å². The lowest BCUT2D eigenvalue weighted by molar-refractivity contribution is 0.102. The third-order valence-corrected chi connectivity index (χ3v) is 3.54. The van der Waals surface area contributed by atoms with Crippen molar-refractivity contribution in [2.24, 2.45) is 0 Å². The number of halogens is 1. The first kappa shape index (κ1) is 12.0. The topological polar surface area (TPSA) is 34.9 Å². The number of hydrogen-bond donors (Lipinski definition) is 0. The highest BCUT2D eigenvalue weighted by Crippen LogP contribution is 2.19. The molecule has 2 aromatic rings. The van der Waals surface area contributed by atoms with Crippen LogP contribution in [0, 0.1) is 6.92 Å². The second-order valence-electron chi connectivity index (χ2n) is 3.83. The molecule has 1 aromatic heterocycles. The van der Waals surface area contributed by atoms with E-state index in [1.54, 1.807) is 16.9 Å². The van der Waals surface area contributed by atoms with E-state index in [9.17, 15) is 4.79 Å². The first-order valence-corrected chi connectivity index (χ1v) is 6.25. The summed E-state index contributed by atoms with van der Waals surface area (Å²) in [5.74, 6) is 0.00468. The molecule has 0 bridgehead atoms. The highest BCUT2D eigenvalue weighted by atomic mass is 79.9. The van der Waals surface area contributed by atoms with Crippen LogP contribution in [-0.4, -0.2) is 15.6 Å². The molecule has 0 fully saturated rings. The summed E-state index contributed by atoms with van der Waals surface area (Å²) in [4.78, 5) is 12.3. The van der Waals surface area contributed by atoms with Crippen molar-refractivity contribution in [2.75, 3.05) is 0 Å². The van der Waals surface area contributed by atoms with Crippen LogP contribution in [0.4, 0.5) is 0 Å². The lowest BCUT2D eigenvalue weighted by atomic mass is 10.1. The van der Waals surface area contributed by atoms with Gasteiger partial charge in [-0.2, -0.15) is 5.10 Å². The zero-order valence-electron chi connectivity index (χ0n) is 9.77. The van der Waals surface area contributed by atoms with Gasteiger partial charge in [-0.05, 0) is 31.5 Å². The summed E-state index contributed by atoms with van der Waals surface area (Å²) < 4.78 is 2.65. The number of aromatic nitrogens is 2. The monoisotopic (exact) mass is 292 g/mol. The highest BCUT2D eigenvalue weighted by Gasteiger charge is 2.14. The second kappa shape index (κ2) is 4.84. The third-order valence-electron chi connectivity index (χ3n) is 2.68. The summed E-state index contributed by atoms with van der Waals surface area (Å²) >= 11 is 3.44. The molecule has 0 saturated heterocycles. The summed E-state index contributed by atoms with van der Waals surface area (Å²) in [6, 6.07) is 7.38. The van der Waals surface area contributed by atoms with E-state index in [2.05, 4.69) is 21.0 Å². The van der Waals surface area contributed by atoms with Crippen LogP contribution in [0.5, 0.6) is 0 Å². The van der Waals surface area contributed by atoms with Crippen LogP contribution in [0.25, 0.3) is 0 Å². The Labute approximate surface area is 109 Å². The lowest BCUT2D eigenvalue weighted by Gasteiger charge is -2.05. The molecular formula is C13H13BrN2O. The van der Waals surface area contributed by atoms with E-state index >= 15 is 0 Å². The minimum Gasteiger partial charge on any atom is -0.287 e. The van der Waals surface area contributed by atoms with E-state index in [-0.39, 0.29) is 5.78 Å². The fourth-order valence-corrected chi connectivity index (χ4v) is 2.04. The van der Waals surface area contributed by atoms with Gasteiger partial charge in [0.05, 0.1) is 0 Å². The van der Waals surface area contributed by atoms with E-state index in [4.69, 9.17) is 0 Å². The van der Waals surface area contributed by atoms with Gasteiger partial charge in [-0.25, -0.2) is 0 Å². The average molecular weight is 293 g/mol. The van der Waals surface area contributed by atoms with Crippen molar-refractivity contribution < 1.29 is 4.79 Å². The van der Waals surface area contributed by atoms with E-state index in [1.807, 2.05) is 32.0 Å². The maximum absolute atomic E-state index is 12.3. The smallest absolute Gasteiger partial charge is 0.211 e. The molecule has 17 heavy (non-hydrogen) atoms. The SMILES string of the molecule is CCn1nccc1C(=O)c1ccc(C)c(Br)c1. The van der Waals surface area contributed by atoms with Gasteiger partial charge >= 0.3 is 0 Å². The largest absolute Gasteiger partial charge is 0.287 e. The predicted octanol–water partition coefficient (Wildman–Crippen LogP) is 3.20. The first-order chi connectivity index (χ1) is 8.13. The van der Waals surface area contributed by atoms with E-state index in [1.165, 1.54) is 0 Å². The Balaban J connectivity index is 2.40. The van der Waals surface area contributed by atoms with Crippen LogP contribution < -0.4 is 0 Å². The molecule has 0 aliphatic carbocycles. The zero-order chi connectivity index (χ0) is 12.4. The minimum absolute atomic E-state index is 0.00468. The zero-order valence-corrected chi connectivity index (χ0v) is 11.4. The number of nitrogens with zero attached hydrogens (tertiary/aromatic N) is 2. The standard InChI is InChI=1S/C13H13BrN2O/c1-3-16-12(6-7-15-16)13(17)10-5-4-9(2)11(14)8-10/h4-8H,3H2,1-2H3. The van der Waals surface area contributed by atoms with Gasteiger partial charge in [-0.1, -0.05) is 28.1 Å². The molecule has 0 amide bonds. The molecule has 0 atom stereocenters. The van der Waals surface area contributed by atoms with Crippen LogP contribution in [0.1, 0.15) is 28.5 Å². The van der Waals surface area contributed by atoms with Crippen molar-refractivity contribution >= 4 is 21.7 Å². The number of benzene rings is 1. The average Bonchev–Trinajstić information content (AvgIpc) is 2.80. The van der Waals surface area contributed by atoms with Crippen LogP contribution >= 0.6 is 15.9 Å². The molecule has 0 spiro atoms. The molecule has 1 heterocycles. The van der Waals surface area contributed by atoms with Gasteiger partial charge in [0.15, 0.2) is 0 Å². The van der Waals surface area contributed by atoms with Gasteiger partial charge in [0.25, 0.3) is 0 Å². The van der Waals surface area contributed by atoms with Gasteiger partial charge in [-0.3, -0.25) is 9.48 Å². The van der Waals surface area contributed by atoms with Gasteiger partial charge in [0.2, 0.25) is 5.78 Å². The van der Waals surface area contributed by atoms with Gasteiger partial charge in [0.1, 0.15) is 5.69 Å². The molecule has 0 saturated carbocycles. The van der Waals surface area contributed by atoms with Crippen LogP contribution in [-0.2, 0) is 6.54 Å². The summed E-state index contributed by atoms with van der Waals surface area (Å²) in [5, 5.41) is 4.11. The predicted molar refractivity (Wildman–Crippen MR) is 70.2 cm³/mol. The maximum atomic E-state index is 12.3. The first-order valence-electron chi connectivity index (χ1n) is 5.46. The minimum atomic E-state index is 0.00468. The number of carbonyl (C=O) groups excluding carboxylic acids is 1. The Morgan fingerprint density at radius 3 is 2.82 bits per heavy atom. The molecule has 3 nitrogen and oxygen atoms in total. The highest BCUT2D eigenvalue weighted by molar-refractivity contribution is 9.10. The molecular weight excluding hydrogens is 280 g/mol. The molecule has 88 valence electrons. The van der Waals surface area contributed by atoms with Crippen molar-refractivity contribution in [2.45, 2.75) is 20.4 Å². The summed E-state index contributed by atoms with van der Waals surface area (Å²) in [6.07, 6.45) is 1.65. The second-order valence-corrected chi connectivity index (χ2v) is 4.68. The normalized spacial score (nSPS) is 10.5. The van der Waals surface area contributed by atoms with Gasteiger partial charge < -0.3 is 0 Å². The quantitative estimate of drug-likeness (QED) is 0.814. The van der Waals surface area contributed by atoms with E-state index < -0.39 is 0 Å². The number of rotatable bonds is 3. The molecule has 0 aliphatic rings. The Morgan fingerprint density at radius 1 is 1.41 bits per heavy atom. The van der Waals surface area contributed by atoms with Gasteiger partial charge in [0, 0.05) is 22.8 Å². The number of carbonyl (C=O) groups is 1. The fourth-order valence-electron chi connectivity index (χ4n) is 1.66. The summed E-state index contributed by atoms with van der Waals surface area (Å²) in [7, 11) is 0. The maximum Gasteiger partial charge on any atom is 0.211 e. The van der Waals surface area contributed by atoms with E-state index in [0.717, 1.165) is 10.0 Å². The Kier molecular flexibility index (Phi) is 3.43. The number of aryl methyl sites for hydroxylation is 2. The summed E-state index contributed by atoms with van der Waals surface area (Å²) in [5.41, 5.74) is 2.42. The van der Waals surface area contributed by atoms with Crippen LogP contribution in [0.15, 0.2) is 34.9 Å². The van der Waals surface area contributed by atoms with Crippen LogP contribution in [0.2, 0.25) is 0 Å². The van der Waals surface area contributed by atoms with Crippen LogP contribution in [0.3, 0.4) is 0 Å². The van der Waals surface area contributed by atoms with Crippen molar-refractivity contribution in [3.05, 3.63) is 51.8 Å². The Bertz CT molecular complexity index is 560. The van der Waals surface area contributed by atoms with Crippen molar-refractivity contribution in [1.29, 1.82) is 0 Å². The number of hydrogen-bond acceptors (Lipinski definition) is 2. The molecule has 1 aromatic carbocycles. The molecule has 2 rings (SSSR count). The molecule has 0 aliphatic heterocycles. The number of ketones is 1. The molecule has 0 N–H and O–H groups in total. The molecule has 4 heteroatoms. The van der Waals surface area contributed by atoms with Crippen molar-refractivity contribution in [3.63, 3.8) is 0 Å².